The van der Waals surface area contributed by atoms with Crippen LogP contribution in [-0.4, -0.2) is 32.6 Å². The molecule has 4 nitrogen and oxygen atoms in total. The van der Waals surface area contributed by atoms with E-state index in [1.54, 1.807) is 0 Å². The Balaban J connectivity index is 2.13. The summed E-state index contributed by atoms with van der Waals surface area (Å²) < 4.78 is 29.1. The first kappa shape index (κ1) is 15.2. The molecule has 112 valence electrons. The van der Waals surface area contributed by atoms with Gasteiger partial charge in [0.2, 0.25) is 0 Å². The van der Waals surface area contributed by atoms with Crippen LogP contribution in [0.15, 0.2) is 18.2 Å². The number of rotatable bonds is 5. The highest BCUT2D eigenvalue weighted by atomic mass is 32.2. The fourth-order valence-corrected chi connectivity index (χ4v) is 4.25. The lowest BCUT2D eigenvalue weighted by Crippen LogP contribution is -2.34. The molecule has 2 unspecified atom stereocenters. The Morgan fingerprint density at radius 1 is 1.35 bits per heavy atom. The second-order valence-electron chi connectivity index (χ2n) is 5.46. The zero-order chi connectivity index (χ0) is 14.8. The van der Waals surface area contributed by atoms with E-state index in [-0.39, 0.29) is 11.3 Å². The molecule has 0 heterocycles. The van der Waals surface area contributed by atoms with Crippen molar-refractivity contribution in [3.05, 3.63) is 23.8 Å². The van der Waals surface area contributed by atoms with Crippen molar-refractivity contribution in [1.29, 1.82) is 0 Å². The maximum atomic E-state index is 11.8. The van der Waals surface area contributed by atoms with Crippen molar-refractivity contribution in [2.24, 2.45) is 0 Å². The topological polar surface area (TPSA) is 55.4 Å². The summed E-state index contributed by atoms with van der Waals surface area (Å²) in [5.41, 5.74) is 2.07. The Bertz CT molecular complexity index is 568. The molecule has 0 aromatic heterocycles. The smallest absolute Gasteiger partial charge is 0.152 e. The standard InChI is InChI=1S/C15H23NO3S/c1-4-19-12-8-9-13(11(2)10-12)16-14-6-5-7-15(14)20(3,17)18/h8-10,14-16H,4-7H2,1-3H3. The van der Waals surface area contributed by atoms with Crippen LogP contribution in [0.5, 0.6) is 5.75 Å². The highest BCUT2D eigenvalue weighted by molar-refractivity contribution is 7.91. The predicted molar refractivity (Wildman–Crippen MR) is 82.2 cm³/mol. The lowest BCUT2D eigenvalue weighted by Gasteiger charge is -2.22. The van der Waals surface area contributed by atoms with Gasteiger partial charge in [0.25, 0.3) is 0 Å². The summed E-state index contributed by atoms with van der Waals surface area (Å²) in [5, 5.41) is 3.13. The molecular formula is C15H23NO3S. The first-order valence-corrected chi connectivity index (χ1v) is 9.06. The van der Waals surface area contributed by atoms with Gasteiger partial charge in [-0.25, -0.2) is 8.42 Å². The molecule has 0 saturated heterocycles. The number of aryl methyl sites for hydroxylation is 1. The number of anilines is 1. The van der Waals surface area contributed by atoms with Crippen LogP contribution in [0.1, 0.15) is 31.7 Å². The van der Waals surface area contributed by atoms with Crippen LogP contribution in [0.4, 0.5) is 5.69 Å². The van der Waals surface area contributed by atoms with Gasteiger partial charge in [-0.05, 0) is 56.9 Å². The van der Waals surface area contributed by atoms with E-state index in [0.717, 1.165) is 36.3 Å². The predicted octanol–water partition coefficient (Wildman–Crippen LogP) is 2.77. The summed E-state index contributed by atoms with van der Waals surface area (Å²) >= 11 is 0. The SMILES string of the molecule is CCOc1ccc(NC2CCCC2S(C)(=O)=O)c(C)c1. The van der Waals surface area contributed by atoms with Gasteiger partial charge in [-0.2, -0.15) is 0 Å². The number of benzene rings is 1. The van der Waals surface area contributed by atoms with Crippen LogP contribution in [0, 0.1) is 6.92 Å². The lowest BCUT2D eigenvalue weighted by atomic mass is 10.1. The summed E-state index contributed by atoms with van der Waals surface area (Å²) in [6.07, 6.45) is 3.96. The molecule has 1 aromatic carbocycles. The maximum Gasteiger partial charge on any atom is 0.152 e. The fourth-order valence-electron chi connectivity index (χ4n) is 2.86. The summed E-state index contributed by atoms with van der Waals surface area (Å²) in [6.45, 7) is 4.61. The van der Waals surface area contributed by atoms with Gasteiger partial charge < -0.3 is 10.1 Å². The molecule has 1 N–H and O–H groups in total. The van der Waals surface area contributed by atoms with E-state index >= 15 is 0 Å². The third-order valence-electron chi connectivity index (χ3n) is 3.85. The Morgan fingerprint density at radius 3 is 2.70 bits per heavy atom. The van der Waals surface area contributed by atoms with Crippen molar-refractivity contribution in [3.8, 4) is 5.75 Å². The molecule has 1 aliphatic rings. The molecule has 20 heavy (non-hydrogen) atoms. The van der Waals surface area contributed by atoms with Gasteiger partial charge in [-0.1, -0.05) is 0 Å². The molecule has 0 amide bonds. The maximum absolute atomic E-state index is 11.8. The second-order valence-corrected chi connectivity index (χ2v) is 7.72. The van der Waals surface area contributed by atoms with Gasteiger partial charge in [0, 0.05) is 18.0 Å². The van der Waals surface area contributed by atoms with Crippen LogP contribution in [0.3, 0.4) is 0 Å². The molecule has 1 aromatic rings. The number of sulfone groups is 1. The van der Waals surface area contributed by atoms with Crippen molar-refractivity contribution in [2.45, 2.75) is 44.4 Å². The Hall–Kier alpha value is -1.23. The molecule has 0 aliphatic heterocycles. The zero-order valence-electron chi connectivity index (χ0n) is 12.3. The van der Waals surface area contributed by atoms with Gasteiger partial charge >= 0.3 is 0 Å². The molecule has 0 spiro atoms. The number of ether oxygens (including phenoxy) is 1. The van der Waals surface area contributed by atoms with Crippen molar-refractivity contribution < 1.29 is 13.2 Å². The van der Waals surface area contributed by atoms with E-state index in [4.69, 9.17) is 4.74 Å². The molecule has 0 radical (unpaired) electrons. The third kappa shape index (κ3) is 3.45. The first-order chi connectivity index (χ1) is 9.41. The molecule has 2 rings (SSSR count). The first-order valence-electron chi connectivity index (χ1n) is 7.10. The summed E-state index contributed by atoms with van der Waals surface area (Å²) in [4.78, 5) is 0. The van der Waals surface area contributed by atoms with E-state index in [2.05, 4.69) is 5.32 Å². The van der Waals surface area contributed by atoms with Gasteiger partial charge in [0.15, 0.2) is 9.84 Å². The zero-order valence-corrected chi connectivity index (χ0v) is 13.2. The van der Waals surface area contributed by atoms with E-state index in [1.807, 2.05) is 32.0 Å². The number of nitrogens with one attached hydrogen (secondary N) is 1. The molecular weight excluding hydrogens is 274 g/mol. The molecule has 1 aliphatic carbocycles. The number of hydrogen-bond acceptors (Lipinski definition) is 4. The molecule has 2 atom stereocenters. The van der Waals surface area contributed by atoms with Crippen LogP contribution in [-0.2, 0) is 9.84 Å². The summed E-state index contributed by atoms with van der Waals surface area (Å²) in [6, 6.07) is 5.89. The van der Waals surface area contributed by atoms with Crippen LogP contribution >= 0.6 is 0 Å². The van der Waals surface area contributed by atoms with Gasteiger partial charge in [-0.15, -0.1) is 0 Å². The van der Waals surface area contributed by atoms with E-state index in [0.29, 0.717) is 6.61 Å². The fraction of sp³-hybridized carbons (Fsp3) is 0.600. The number of hydrogen-bond donors (Lipinski definition) is 1. The third-order valence-corrected chi connectivity index (χ3v) is 5.52. The lowest BCUT2D eigenvalue weighted by molar-refractivity contribution is 0.340. The Morgan fingerprint density at radius 2 is 2.10 bits per heavy atom. The van der Waals surface area contributed by atoms with E-state index in [1.165, 1.54) is 6.26 Å². The normalized spacial score (nSPS) is 22.8. The van der Waals surface area contributed by atoms with E-state index < -0.39 is 9.84 Å². The van der Waals surface area contributed by atoms with Crippen molar-refractivity contribution in [1.82, 2.24) is 0 Å². The molecule has 1 fully saturated rings. The van der Waals surface area contributed by atoms with Gasteiger partial charge in [0.05, 0.1) is 11.9 Å². The highest BCUT2D eigenvalue weighted by Crippen LogP contribution is 2.30. The average molecular weight is 297 g/mol. The van der Waals surface area contributed by atoms with Gasteiger partial charge in [0.1, 0.15) is 5.75 Å². The van der Waals surface area contributed by atoms with Crippen LogP contribution in [0.25, 0.3) is 0 Å². The van der Waals surface area contributed by atoms with Crippen molar-refractivity contribution in [2.75, 3.05) is 18.2 Å². The molecule has 1 saturated carbocycles. The Kier molecular flexibility index (Phi) is 4.58. The second kappa shape index (κ2) is 6.04. The minimum absolute atomic E-state index is 0.0154. The van der Waals surface area contributed by atoms with E-state index in [9.17, 15) is 8.42 Å². The summed E-state index contributed by atoms with van der Waals surface area (Å²) in [5.74, 6) is 0.849. The largest absolute Gasteiger partial charge is 0.494 e. The highest BCUT2D eigenvalue weighted by Gasteiger charge is 2.34. The quantitative estimate of drug-likeness (QED) is 0.908. The molecule has 0 bridgehead atoms. The Labute approximate surface area is 121 Å². The average Bonchev–Trinajstić information content (AvgIpc) is 2.81. The minimum atomic E-state index is -2.99. The van der Waals surface area contributed by atoms with Crippen molar-refractivity contribution >= 4 is 15.5 Å². The molecule has 5 heteroatoms. The van der Waals surface area contributed by atoms with Crippen molar-refractivity contribution in [3.63, 3.8) is 0 Å². The van der Waals surface area contributed by atoms with Crippen LogP contribution in [0.2, 0.25) is 0 Å². The van der Waals surface area contributed by atoms with Crippen LogP contribution < -0.4 is 10.1 Å². The van der Waals surface area contributed by atoms with Gasteiger partial charge in [-0.3, -0.25) is 0 Å². The minimum Gasteiger partial charge on any atom is -0.494 e. The monoisotopic (exact) mass is 297 g/mol. The summed E-state index contributed by atoms with van der Waals surface area (Å²) in [7, 11) is -2.99.